The summed E-state index contributed by atoms with van der Waals surface area (Å²) in [7, 11) is 3.28. The molecule has 1 atom stereocenters. The molecule has 20 heavy (non-hydrogen) atoms. The number of nitrogens with two attached hydrogens (primary N) is 1. The van der Waals surface area contributed by atoms with Gasteiger partial charge in [0.2, 0.25) is 0 Å². The maximum absolute atomic E-state index is 6.21. The first kappa shape index (κ1) is 16.5. The van der Waals surface area contributed by atoms with Gasteiger partial charge in [-0.15, -0.1) is 0 Å². The van der Waals surface area contributed by atoms with E-state index < -0.39 is 0 Å². The zero-order valence-corrected chi connectivity index (χ0v) is 13.4. The van der Waals surface area contributed by atoms with Crippen LogP contribution in [-0.4, -0.2) is 26.8 Å². The van der Waals surface area contributed by atoms with Crippen molar-refractivity contribution < 1.29 is 9.47 Å². The minimum atomic E-state index is 0.446. The van der Waals surface area contributed by atoms with Crippen LogP contribution in [0.1, 0.15) is 40.0 Å². The Morgan fingerprint density at radius 1 is 1.15 bits per heavy atom. The molecule has 1 rings (SSSR count). The van der Waals surface area contributed by atoms with Crippen molar-refractivity contribution in [2.75, 3.05) is 31.4 Å². The molecule has 1 unspecified atom stereocenters. The fourth-order valence-corrected chi connectivity index (χ4v) is 2.26. The highest BCUT2D eigenvalue weighted by Crippen LogP contribution is 2.37. The second-order valence-electron chi connectivity index (χ2n) is 5.07. The van der Waals surface area contributed by atoms with Crippen LogP contribution in [0.15, 0.2) is 12.1 Å². The average molecular weight is 280 g/mol. The fourth-order valence-electron chi connectivity index (χ4n) is 2.26. The summed E-state index contributed by atoms with van der Waals surface area (Å²) in [6, 6.07) is 4.27. The van der Waals surface area contributed by atoms with E-state index in [9.17, 15) is 0 Å². The number of benzene rings is 1. The third-order valence-electron chi connectivity index (χ3n) is 3.72. The quantitative estimate of drug-likeness (QED) is 0.738. The monoisotopic (exact) mass is 280 g/mol. The predicted molar refractivity (Wildman–Crippen MR) is 86.0 cm³/mol. The molecule has 0 spiro atoms. The molecule has 4 heteroatoms. The highest BCUT2D eigenvalue weighted by atomic mass is 16.5. The number of rotatable bonds is 8. The van der Waals surface area contributed by atoms with E-state index in [2.05, 4.69) is 25.7 Å². The molecule has 0 saturated heterocycles. The van der Waals surface area contributed by atoms with Crippen LogP contribution in [0.5, 0.6) is 11.5 Å². The molecular weight excluding hydrogens is 252 g/mol. The predicted octanol–water partition coefficient (Wildman–Crippen LogP) is 3.69. The van der Waals surface area contributed by atoms with Gasteiger partial charge in [0, 0.05) is 24.7 Å². The number of hydrogen-bond acceptors (Lipinski definition) is 4. The SMILES string of the molecule is CCCCN(c1cc(OC)c(OC)cc1N)C(C)CC. The highest BCUT2D eigenvalue weighted by Gasteiger charge is 2.18. The standard InChI is InChI=1S/C16H28N2O2/c1-6-8-9-18(12(3)7-2)14-11-16(20-5)15(19-4)10-13(14)17/h10-12H,6-9,17H2,1-5H3. The van der Waals surface area contributed by atoms with Crippen molar-refractivity contribution in [2.45, 2.75) is 46.1 Å². The van der Waals surface area contributed by atoms with E-state index in [4.69, 9.17) is 15.2 Å². The van der Waals surface area contributed by atoms with E-state index in [0.29, 0.717) is 11.8 Å². The molecule has 0 aliphatic heterocycles. The lowest BCUT2D eigenvalue weighted by Gasteiger charge is -2.32. The average Bonchev–Trinajstić information content (AvgIpc) is 2.47. The number of unbranched alkanes of at least 4 members (excludes halogenated alkanes) is 1. The molecule has 0 aliphatic rings. The second kappa shape index (κ2) is 7.88. The maximum atomic E-state index is 6.21. The summed E-state index contributed by atoms with van der Waals surface area (Å²) in [5.41, 5.74) is 7.98. The zero-order valence-electron chi connectivity index (χ0n) is 13.4. The van der Waals surface area contributed by atoms with E-state index >= 15 is 0 Å². The third kappa shape index (κ3) is 3.71. The molecule has 1 aromatic rings. The molecular formula is C16H28N2O2. The zero-order chi connectivity index (χ0) is 15.1. The summed E-state index contributed by atoms with van der Waals surface area (Å²) in [6.45, 7) is 7.63. The van der Waals surface area contributed by atoms with Crippen molar-refractivity contribution in [2.24, 2.45) is 0 Å². The van der Waals surface area contributed by atoms with Gasteiger partial charge < -0.3 is 20.1 Å². The fraction of sp³-hybridized carbons (Fsp3) is 0.625. The molecule has 4 nitrogen and oxygen atoms in total. The van der Waals surface area contributed by atoms with Gasteiger partial charge in [0.15, 0.2) is 11.5 Å². The molecule has 0 radical (unpaired) electrons. The molecule has 0 amide bonds. The van der Waals surface area contributed by atoms with Gasteiger partial charge in [-0.05, 0) is 19.8 Å². The summed E-state index contributed by atoms with van der Waals surface area (Å²) in [5, 5.41) is 0. The molecule has 0 bridgehead atoms. The third-order valence-corrected chi connectivity index (χ3v) is 3.72. The Morgan fingerprint density at radius 3 is 2.25 bits per heavy atom. The molecule has 0 saturated carbocycles. The molecule has 114 valence electrons. The first-order chi connectivity index (χ1) is 9.58. The van der Waals surface area contributed by atoms with Crippen LogP contribution in [0.4, 0.5) is 11.4 Å². The highest BCUT2D eigenvalue weighted by molar-refractivity contribution is 5.73. The van der Waals surface area contributed by atoms with Crippen molar-refractivity contribution in [1.29, 1.82) is 0 Å². The Balaban J connectivity index is 3.17. The Labute approximate surface area is 122 Å². The summed E-state index contributed by atoms with van der Waals surface area (Å²) in [6.07, 6.45) is 3.40. The number of nitrogen functional groups attached to an aromatic ring is 1. The van der Waals surface area contributed by atoms with Gasteiger partial charge in [0.1, 0.15) is 0 Å². The van der Waals surface area contributed by atoms with Crippen molar-refractivity contribution in [3.8, 4) is 11.5 Å². The van der Waals surface area contributed by atoms with Gasteiger partial charge in [-0.3, -0.25) is 0 Å². The molecule has 0 aromatic heterocycles. The minimum absolute atomic E-state index is 0.446. The molecule has 0 fully saturated rings. The smallest absolute Gasteiger partial charge is 0.162 e. The van der Waals surface area contributed by atoms with Crippen molar-refractivity contribution in [1.82, 2.24) is 0 Å². The lowest BCUT2D eigenvalue weighted by atomic mass is 10.1. The topological polar surface area (TPSA) is 47.7 Å². The Morgan fingerprint density at radius 2 is 1.75 bits per heavy atom. The molecule has 2 N–H and O–H groups in total. The lowest BCUT2D eigenvalue weighted by Crippen LogP contribution is -2.34. The van der Waals surface area contributed by atoms with Crippen LogP contribution < -0.4 is 20.1 Å². The largest absolute Gasteiger partial charge is 0.493 e. The van der Waals surface area contributed by atoms with Gasteiger partial charge in [0.25, 0.3) is 0 Å². The van der Waals surface area contributed by atoms with Crippen molar-refractivity contribution in [3.05, 3.63) is 12.1 Å². The summed E-state index contributed by atoms with van der Waals surface area (Å²) < 4.78 is 10.7. The number of hydrogen-bond donors (Lipinski definition) is 1. The number of methoxy groups -OCH3 is 2. The Bertz CT molecular complexity index is 421. The second-order valence-corrected chi connectivity index (χ2v) is 5.07. The first-order valence-corrected chi connectivity index (χ1v) is 7.37. The van der Waals surface area contributed by atoms with Crippen LogP contribution in [0.2, 0.25) is 0 Å². The van der Waals surface area contributed by atoms with E-state index in [0.717, 1.165) is 36.5 Å². The molecule has 1 aromatic carbocycles. The van der Waals surface area contributed by atoms with E-state index in [-0.39, 0.29) is 0 Å². The summed E-state index contributed by atoms with van der Waals surface area (Å²) in [5.74, 6) is 1.40. The summed E-state index contributed by atoms with van der Waals surface area (Å²) >= 11 is 0. The minimum Gasteiger partial charge on any atom is -0.493 e. The van der Waals surface area contributed by atoms with Gasteiger partial charge in [-0.25, -0.2) is 0 Å². The van der Waals surface area contributed by atoms with Crippen LogP contribution >= 0.6 is 0 Å². The first-order valence-electron chi connectivity index (χ1n) is 7.37. The van der Waals surface area contributed by atoms with E-state index in [1.807, 2.05) is 12.1 Å². The summed E-state index contributed by atoms with van der Waals surface area (Å²) in [4.78, 5) is 2.36. The van der Waals surface area contributed by atoms with E-state index in [1.165, 1.54) is 6.42 Å². The molecule has 0 aliphatic carbocycles. The number of nitrogens with zero attached hydrogens (tertiary/aromatic N) is 1. The molecule has 0 heterocycles. The maximum Gasteiger partial charge on any atom is 0.162 e. The van der Waals surface area contributed by atoms with Crippen LogP contribution in [0.3, 0.4) is 0 Å². The lowest BCUT2D eigenvalue weighted by molar-refractivity contribution is 0.355. The van der Waals surface area contributed by atoms with Crippen LogP contribution in [0.25, 0.3) is 0 Å². The number of anilines is 2. The van der Waals surface area contributed by atoms with Gasteiger partial charge >= 0.3 is 0 Å². The number of ether oxygens (including phenoxy) is 2. The van der Waals surface area contributed by atoms with E-state index in [1.54, 1.807) is 14.2 Å². The normalized spacial score (nSPS) is 12.1. The Kier molecular flexibility index (Phi) is 6.49. The van der Waals surface area contributed by atoms with Gasteiger partial charge in [-0.1, -0.05) is 20.3 Å². The van der Waals surface area contributed by atoms with Crippen molar-refractivity contribution in [3.63, 3.8) is 0 Å². The van der Waals surface area contributed by atoms with Crippen LogP contribution in [-0.2, 0) is 0 Å². The van der Waals surface area contributed by atoms with Gasteiger partial charge in [0.05, 0.1) is 25.6 Å². The van der Waals surface area contributed by atoms with Gasteiger partial charge in [-0.2, -0.15) is 0 Å². The Hall–Kier alpha value is -1.58. The van der Waals surface area contributed by atoms with Crippen molar-refractivity contribution >= 4 is 11.4 Å². The van der Waals surface area contributed by atoms with Crippen LogP contribution in [0, 0.1) is 0 Å².